The van der Waals surface area contributed by atoms with E-state index in [0.29, 0.717) is 5.82 Å². The smallest absolute Gasteiger partial charge is 0.326 e. The molecule has 0 saturated carbocycles. The van der Waals surface area contributed by atoms with Gasteiger partial charge in [0.25, 0.3) is 5.91 Å². The van der Waals surface area contributed by atoms with Crippen molar-refractivity contribution in [2.75, 3.05) is 0 Å². The summed E-state index contributed by atoms with van der Waals surface area (Å²) in [5, 5.41) is 9.71. The average Bonchev–Trinajstić information content (AvgIpc) is 2.60. The van der Waals surface area contributed by atoms with E-state index in [4.69, 9.17) is 11.6 Å². The molecule has 1 aromatic carbocycles. The number of aliphatic carboxylic acids is 1. The fourth-order valence-corrected chi connectivity index (χ4v) is 3.07. The maximum absolute atomic E-state index is 13.0. The Hall–Kier alpha value is -2.47. The van der Waals surface area contributed by atoms with Crippen LogP contribution in [0.1, 0.15) is 47.2 Å². The van der Waals surface area contributed by atoms with Crippen molar-refractivity contribution in [3.63, 3.8) is 0 Å². The van der Waals surface area contributed by atoms with Gasteiger partial charge in [-0.15, -0.1) is 0 Å². The summed E-state index contributed by atoms with van der Waals surface area (Å²) in [6.07, 6.45) is 1.65. The van der Waals surface area contributed by atoms with Crippen molar-refractivity contribution < 1.29 is 14.7 Å². The fourth-order valence-electron chi connectivity index (χ4n) is 2.90. The number of carbonyl (C=O) groups is 2. The Bertz CT molecular complexity index is 838. The molecule has 1 N–H and O–H groups in total. The molecule has 3 rings (SSSR count). The molecule has 1 aliphatic rings. The number of carboxylic acids is 1. The van der Waals surface area contributed by atoms with Gasteiger partial charge >= 0.3 is 5.97 Å². The van der Waals surface area contributed by atoms with E-state index in [2.05, 4.69) is 9.97 Å². The van der Waals surface area contributed by atoms with Crippen LogP contribution in [0, 0.1) is 0 Å². The van der Waals surface area contributed by atoms with Crippen LogP contribution < -0.4 is 0 Å². The standard InChI is InChI=1S/C18H18ClN3O3/c1-10(2)16-20-8-13(19)15(21-16)17(23)22-9-12-6-4-3-5-11(12)7-14(22)18(24)25/h3-6,8,10,14H,7,9H2,1-2H3,(H,24,25)/t14-/m0/s1. The number of amides is 1. The molecule has 25 heavy (non-hydrogen) atoms. The predicted molar refractivity (Wildman–Crippen MR) is 92.6 cm³/mol. The van der Waals surface area contributed by atoms with Crippen LogP contribution in [0.4, 0.5) is 0 Å². The first-order valence-corrected chi connectivity index (χ1v) is 8.39. The molecule has 0 bridgehead atoms. The maximum Gasteiger partial charge on any atom is 0.326 e. The quantitative estimate of drug-likeness (QED) is 0.911. The number of halogens is 1. The number of carboxylic acid groups (broad SMARTS) is 1. The zero-order chi connectivity index (χ0) is 18.1. The lowest BCUT2D eigenvalue weighted by atomic mass is 9.93. The Morgan fingerprint density at radius 3 is 2.60 bits per heavy atom. The van der Waals surface area contributed by atoms with E-state index in [9.17, 15) is 14.7 Å². The second-order valence-electron chi connectivity index (χ2n) is 6.34. The van der Waals surface area contributed by atoms with Gasteiger partial charge < -0.3 is 10.0 Å². The van der Waals surface area contributed by atoms with E-state index in [1.807, 2.05) is 38.1 Å². The molecule has 130 valence electrons. The number of benzene rings is 1. The first-order chi connectivity index (χ1) is 11.9. The van der Waals surface area contributed by atoms with Gasteiger partial charge in [-0.3, -0.25) is 4.79 Å². The zero-order valence-electron chi connectivity index (χ0n) is 13.9. The second-order valence-corrected chi connectivity index (χ2v) is 6.75. The van der Waals surface area contributed by atoms with Crippen LogP contribution in [-0.2, 0) is 17.8 Å². The van der Waals surface area contributed by atoms with Crippen molar-refractivity contribution in [3.05, 3.63) is 58.1 Å². The molecular weight excluding hydrogens is 342 g/mol. The topological polar surface area (TPSA) is 83.4 Å². The van der Waals surface area contributed by atoms with E-state index in [1.54, 1.807) is 0 Å². The van der Waals surface area contributed by atoms with Crippen LogP contribution in [-0.4, -0.2) is 37.9 Å². The van der Waals surface area contributed by atoms with Gasteiger partial charge in [-0.1, -0.05) is 49.7 Å². The number of hydrogen-bond acceptors (Lipinski definition) is 4. The van der Waals surface area contributed by atoms with Gasteiger partial charge in [0.15, 0.2) is 5.69 Å². The van der Waals surface area contributed by atoms with Crippen LogP contribution >= 0.6 is 11.6 Å². The minimum Gasteiger partial charge on any atom is -0.480 e. The Labute approximate surface area is 150 Å². The lowest BCUT2D eigenvalue weighted by Crippen LogP contribution is -2.49. The van der Waals surface area contributed by atoms with Crippen LogP contribution in [0.2, 0.25) is 5.02 Å². The lowest BCUT2D eigenvalue weighted by molar-refractivity contribution is -0.142. The third kappa shape index (κ3) is 3.35. The summed E-state index contributed by atoms with van der Waals surface area (Å²) < 4.78 is 0. The molecule has 0 fully saturated rings. The van der Waals surface area contributed by atoms with Gasteiger partial charge in [-0.05, 0) is 11.1 Å². The monoisotopic (exact) mass is 359 g/mol. The summed E-state index contributed by atoms with van der Waals surface area (Å²) >= 11 is 6.12. The molecule has 6 nitrogen and oxygen atoms in total. The van der Waals surface area contributed by atoms with Crippen LogP contribution in [0.5, 0.6) is 0 Å². The summed E-state index contributed by atoms with van der Waals surface area (Å²) in [7, 11) is 0. The number of carbonyl (C=O) groups excluding carboxylic acids is 1. The van der Waals surface area contributed by atoms with Gasteiger partial charge in [0.1, 0.15) is 11.9 Å². The van der Waals surface area contributed by atoms with Gasteiger partial charge in [0, 0.05) is 18.9 Å². The fraction of sp³-hybridized carbons (Fsp3) is 0.333. The van der Waals surface area contributed by atoms with E-state index in [0.717, 1.165) is 11.1 Å². The second kappa shape index (κ2) is 6.80. The highest BCUT2D eigenvalue weighted by Crippen LogP contribution is 2.27. The van der Waals surface area contributed by atoms with Crippen molar-refractivity contribution >= 4 is 23.5 Å². The Morgan fingerprint density at radius 1 is 1.28 bits per heavy atom. The minimum atomic E-state index is -1.04. The summed E-state index contributed by atoms with van der Waals surface area (Å²) in [4.78, 5) is 34.4. The number of rotatable bonds is 3. The third-order valence-electron chi connectivity index (χ3n) is 4.28. The molecule has 7 heteroatoms. The molecule has 2 aromatic rings. The van der Waals surface area contributed by atoms with Crippen LogP contribution in [0.25, 0.3) is 0 Å². The molecule has 0 spiro atoms. The number of nitrogens with zero attached hydrogens (tertiary/aromatic N) is 3. The van der Waals surface area contributed by atoms with E-state index >= 15 is 0 Å². The number of hydrogen-bond donors (Lipinski definition) is 1. The largest absolute Gasteiger partial charge is 0.480 e. The normalized spacial score (nSPS) is 16.6. The molecule has 0 unspecified atom stereocenters. The molecule has 1 aliphatic heterocycles. The SMILES string of the molecule is CC(C)c1ncc(Cl)c(C(=O)N2Cc3ccccc3C[C@H]2C(=O)O)n1. The molecule has 0 aliphatic carbocycles. The molecule has 1 aromatic heterocycles. The van der Waals surface area contributed by atoms with Crippen molar-refractivity contribution in [2.45, 2.75) is 38.8 Å². The van der Waals surface area contributed by atoms with Gasteiger partial charge in [-0.25, -0.2) is 14.8 Å². The first kappa shape index (κ1) is 17.4. The van der Waals surface area contributed by atoms with E-state index in [1.165, 1.54) is 11.1 Å². The molecule has 1 amide bonds. The average molecular weight is 360 g/mol. The minimum absolute atomic E-state index is 0.0289. The van der Waals surface area contributed by atoms with Crippen molar-refractivity contribution in [1.29, 1.82) is 0 Å². The summed E-state index contributed by atoms with van der Waals surface area (Å²) in [6.45, 7) is 4.03. The Balaban J connectivity index is 2.00. The molecule has 0 radical (unpaired) electrons. The highest BCUT2D eigenvalue weighted by molar-refractivity contribution is 6.33. The first-order valence-electron chi connectivity index (χ1n) is 8.01. The Kier molecular flexibility index (Phi) is 4.72. The maximum atomic E-state index is 13.0. The van der Waals surface area contributed by atoms with E-state index in [-0.39, 0.29) is 29.6 Å². The van der Waals surface area contributed by atoms with Crippen molar-refractivity contribution in [3.8, 4) is 0 Å². The molecule has 2 heterocycles. The molecular formula is C18H18ClN3O3. The highest BCUT2D eigenvalue weighted by Gasteiger charge is 2.36. The molecule has 0 saturated heterocycles. The van der Waals surface area contributed by atoms with Crippen molar-refractivity contribution in [1.82, 2.24) is 14.9 Å². The third-order valence-corrected chi connectivity index (χ3v) is 4.55. The number of aromatic nitrogens is 2. The zero-order valence-corrected chi connectivity index (χ0v) is 14.7. The Morgan fingerprint density at radius 2 is 1.96 bits per heavy atom. The summed E-state index contributed by atoms with van der Waals surface area (Å²) in [6, 6.07) is 6.58. The summed E-state index contributed by atoms with van der Waals surface area (Å²) in [5.74, 6) is -1.01. The van der Waals surface area contributed by atoms with E-state index < -0.39 is 17.9 Å². The lowest BCUT2D eigenvalue weighted by Gasteiger charge is -2.34. The van der Waals surface area contributed by atoms with Crippen LogP contribution in [0.3, 0.4) is 0 Å². The van der Waals surface area contributed by atoms with Gasteiger partial charge in [0.2, 0.25) is 0 Å². The van der Waals surface area contributed by atoms with Gasteiger partial charge in [0.05, 0.1) is 11.2 Å². The van der Waals surface area contributed by atoms with Gasteiger partial charge in [-0.2, -0.15) is 0 Å². The highest BCUT2D eigenvalue weighted by atomic mass is 35.5. The predicted octanol–water partition coefficient (Wildman–Crippen LogP) is 2.91. The van der Waals surface area contributed by atoms with Crippen molar-refractivity contribution in [2.24, 2.45) is 0 Å². The number of fused-ring (bicyclic) bond motifs is 1. The molecule has 1 atom stereocenters. The van der Waals surface area contributed by atoms with Crippen LogP contribution in [0.15, 0.2) is 30.5 Å². The summed E-state index contributed by atoms with van der Waals surface area (Å²) in [5.41, 5.74) is 1.92.